The summed E-state index contributed by atoms with van der Waals surface area (Å²) in [4.78, 5) is 0. The Balaban J connectivity index is 1.12. The van der Waals surface area contributed by atoms with Crippen LogP contribution in [-0.4, -0.2) is 8.07 Å². The van der Waals surface area contributed by atoms with Crippen molar-refractivity contribution in [1.82, 2.24) is 0 Å². The first-order chi connectivity index (χ1) is 25.2. The van der Waals surface area contributed by atoms with E-state index >= 15 is 0 Å². The lowest BCUT2D eigenvalue weighted by atomic mass is 9.73. The average molecular weight is 693 g/mol. The summed E-state index contributed by atoms with van der Waals surface area (Å²) in [6.07, 6.45) is 9.01. The summed E-state index contributed by atoms with van der Waals surface area (Å²) in [5.74, 6) is 0. The normalized spacial score (nSPS) is 15.0. The van der Waals surface area contributed by atoms with Gasteiger partial charge in [0.15, 0.2) is 0 Å². The Morgan fingerprint density at radius 2 is 0.769 bits per heavy atom. The highest BCUT2D eigenvalue weighted by Gasteiger charge is 2.42. The van der Waals surface area contributed by atoms with Gasteiger partial charge in [-0.1, -0.05) is 180 Å². The van der Waals surface area contributed by atoms with Crippen molar-refractivity contribution in [1.29, 1.82) is 0 Å². The molecule has 52 heavy (non-hydrogen) atoms. The molecular weight excluding hydrogens is 641 g/mol. The Morgan fingerprint density at radius 3 is 1.17 bits per heavy atom. The zero-order valence-electron chi connectivity index (χ0n) is 32.1. The van der Waals surface area contributed by atoms with Crippen LogP contribution in [0.15, 0.2) is 127 Å². The minimum atomic E-state index is -1.33. The first-order valence-corrected chi connectivity index (χ1v) is 23.1. The monoisotopic (exact) mass is 692 g/mol. The molecule has 0 saturated heterocycles. The second-order valence-electron chi connectivity index (χ2n) is 16.2. The minimum absolute atomic E-state index is 0.0165. The SMILES string of the molecule is CCC1(CC)c2cc(/C=C/c3ccc4c(c3)C(CC)(CC)c3cc(-c5ccc([Si](C)(C)C)cc5)ccc3-4)ccc2-c2ccc(-c3ccccc3)cc21. The molecule has 6 aromatic carbocycles. The molecule has 8 rings (SSSR count). The molecule has 0 N–H and O–H groups in total. The van der Waals surface area contributed by atoms with Crippen LogP contribution < -0.4 is 5.19 Å². The molecule has 2 aliphatic rings. The molecule has 6 aromatic rings. The van der Waals surface area contributed by atoms with E-state index in [1.54, 1.807) is 0 Å². The summed E-state index contributed by atoms with van der Waals surface area (Å²) in [6.45, 7) is 16.7. The maximum Gasteiger partial charge on any atom is 0.0775 e. The molecule has 0 bridgehead atoms. The molecule has 0 saturated carbocycles. The molecular formula is C51H52Si. The molecule has 0 heterocycles. The number of hydrogen-bond acceptors (Lipinski definition) is 0. The standard InChI is InChI=1S/C51H52Si/c1-8-50(9-2)46-31-35(19-27-42(46)44-29-23-39(33-48(44)50)37-15-13-12-14-16-37)17-18-36-20-28-43-45-30-24-40(38-21-25-41(26-22-38)52(5,6)7)34-49(45)51(10-3,11-4)47(43)32-36/h12-34H,8-11H2,1-7H3/b18-17+. The van der Waals surface area contributed by atoms with Crippen molar-refractivity contribution in [2.45, 2.75) is 83.8 Å². The Morgan fingerprint density at radius 1 is 0.404 bits per heavy atom. The third-order valence-electron chi connectivity index (χ3n) is 12.8. The van der Waals surface area contributed by atoms with E-state index in [4.69, 9.17) is 0 Å². The summed E-state index contributed by atoms with van der Waals surface area (Å²) in [7, 11) is -1.33. The molecule has 0 fully saturated rings. The quantitative estimate of drug-likeness (QED) is 0.104. The van der Waals surface area contributed by atoms with E-state index < -0.39 is 8.07 Å². The molecule has 0 aliphatic heterocycles. The van der Waals surface area contributed by atoms with Crippen LogP contribution in [0.2, 0.25) is 19.6 Å². The summed E-state index contributed by atoms with van der Waals surface area (Å²) in [5, 5.41) is 1.51. The van der Waals surface area contributed by atoms with Crippen LogP contribution >= 0.6 is 0 Å². The Kier molecular flexibility index (Phi) is 8.62. The molecule has 0 nitrogen and oxygen atoms in total. The van der Waals surface area contributed by atoms with Crippen molar-refractivity contribution in [3.8, 4) is 44.5 Å². The highest BCUT2D eigenvalue weighted by atomic mass is 28.3. The van der Waals surface area contributed by atoms with Crippen molar-refractivity contribution in [3.63, 3.8) is 0 Å². The highest BCUT2D eigenvalue weighted by molar-refractivity contribution is 6.88. The number of hydrogen-bond donors (Lipinski definition) is 0. The summed E-state index contributed by atoms with van der Waals surface area (Å²) in [6, 6.07) is 48.9. The van der Waals surface area contributed by atoms with Gasteiger partial charge < -0.3 is 0 Å². The van der Waals surface area contributed by atoms with E-state index in [9.17, 15) is 0 Å². The Labute approximate surface area is 313 Å². The minimum Gasteiger partial charge on any atom is -0.0656 e. The van der Waals surface area contributed by atoms with Crippen LogP contribution in [0.5, 0.6) is 0 Å². The number of benzene rings is 6. The van der Waals surface area contributed by atoms with E-state index in [1.807, 2.05) is 0 Å². The van der Waals surface area contributed by atoms with Gasteiger partial charge >= 0.3 is 0 Å². The van der Waals surface area contributed by atoms with Gasteiger partial charge in [0.2, 0.25) is 0 Å². The second kappa shape index (κ2) is 13.0. The zero-order chi connectivity index (χ0) is 36.3. The molecule has 0 spiro atoms. The van der Waals surface area contributed by atoms with E-state index in [2.05, 4.69) is 187 Å². The smallest absolute Gasteiger partial charge is 0.0656 e. The fourth-order valence-electron chi connectivity index (χ4n) is 9.60. The van der Waals surface area contributed by atoms with E-state index in [0.29, 0.717) is 0 Å². The summed E-state index contributed by atoms with van der Waals surface area (Å²) >= 11 is 0. The van der Waals surface area contributed by atoms with Crippen LogP contribution in [-0.2, 0) is 10.8 Å². The second-order valence-corrected chi connectivity index (χ2v) is 21.3. The highest BCUT2D eigenvalue weighted by Crippen LogP contribution is 2.55. The first-order valence-electron chi connectivity index (χ1n) is 19.6. The van der Waals surface area contributed by atoms with Gasteiger partial charge in [-0.15, -0.1) is 0 Å². The van der Waals surface area contributed by atoms with Crippen molar-refractivity contribution in [2.24, 2.45) is 0 Å². The molecule has 0 aromatic heterocycles. The summed E-state index contributed by atoms with van der Waals surface area (Å²) < 4.78 is 0. The van der Waals surface area contributed by atoms with Crippen LogP contribution in [0.1, 0.15) is 86.8 Å². The molecule has 0 unspecified atom stereocenters. The van der Waals surface area contributed by atoms with Crippen molar-refractivity contribution < 1.29 is 0 Å². The van der Waals surface area contributed by atoms with Crippen LogP contribution in [0.3, 0.4) is 0 Å². The molecule has 260 valence electrons. The molecule has 0 radical (unpaired) electrons. The van der Waals surface area contributed by atoms with Gasteiger partial charge in [0.05, 0.1) is 8.07 Å². The predicted molar refractivity (Wildman–Crippen MR) is 229 cm³/mol. The topological polar surface area (TPSA) is 0 Å². The third-order valence-corrected chi connectivity index (χ3v) is 14.9. The average Bonchev–Trinajstić information content (AvgIpc) is 3.62. The fourth-order valence-corrected chi connectivity index (χ4v) is 10.8. The van der Waals surface area contributed by atoms with Gasteiger partial charge in [-0.3, -0.25) is 0 Å². The summed E-state index contributed by atoms with van der Waals surface area (Å²) in [5.41, 5.74) is 19.3. The predicted octanol–water partition coefficient (Wildman–Crippen LogP) is 13.9. The van der Waals surface area contributed by atoms with Crippen molar-refractivity contribution in [3.05, 3.63) is 161 Å². The molecule has 2 aliphatic carbocycles. The van der Waals surface area contributed by atoms with Gasteiger partial charge in [-0.05, 0) is 116 Å². The molecule has 0 amide bonds. The van der Waals surface area contributed by atoms with Crippen molar-refractivity contribution >= 4 is 25.4 Å². The molecule has 0 atom stereocenters. The Bertz CT molecular complexity index is 2310. The van der Waals surface area contributed by atoms with E-state index in [0.717, 1.165) is 25.7 Å². The van der Waals surface area contributed by atoms with Crippen LogP contribution in [0.25, 0.3) is 56.7 Å². The van der Waals surface area contributed by atoms with Gasteiger partial charge in [0.1, 0.15) is 0 Å². The third kappa shape index (κ3) is 5.39. The fraction of sp³-hybridized carbons (Fsp3) is 0.255. The van der Waals surface area contributed by atoms with Crippen LogP contribution in [0.4, 0.5) is 0 Å². The van der Waals surface area contributed by atoms with E-state index in [1.165, 1.54) is 83.1 Å². The lowest BCUT2D eigenvalue weighted by Crippen LogP contribution is -2.37. The van der Waals surface area contributed by atoms with Gasteiger partial charge in [-0.25, -0.2) is 0 Å². The lowest BCUT2D eigenvalue weighted by molar-refractivity contribution is 0.490. The van der Waals surface area contributed by atoms with Gasteiger partial charge in [-0.2, -0.15) is 0 Å². The zero-order valence-corrected chi connectivity index (χ0v) is 33.1. The van der Waals surface area contributed by atoms with Gasteiger partial charge in [0, 0.05) is 10.8 Å². The van der Waals surface area contributed by atoms with Gasteiger partial charge in [0.25, 0.3) is 0 Å². The van der Waals surface area contributed by atoms with E-state index in [-0.39, 0.29) is 10.8 Å². The Hall–Kier alpha value is -4.72. The van der Waals surface area contributed by atoms with Crippen molar-refractivity contribution in [2.75, 3.05) is 0 Å². The molecule has 1 heteroatoms. The number of rotatable bonds is 9. The lowest BCUT2D eigenvalue weighted by Gasteiger charge is -2.30. The maximum absolute atomic E-state index is 2.50. The first kappa shape index (κ1) is 34.4. The number of fused-ring (bicyclic) bond motifs is 6. The largest absolute Gasteiger partial charge is 0.0775 e. The maximum atomic E-state index is 2.50. The van der Waals surface area contributed by atoms with Crippen LogP contribution in [0, 0.1) is 0 Å².